The molecule has 0 atom stereocenters. The van der Waals surface area contributed by atoms with Gasteiger partial charge in [-0.05, 0) is 43.0 Å². The largest absolute Gasteiger partial charge is 0.356 e. The molecule has 3 rings (SSSR count). The third kappa shape index (κ3) is 5.98. The molecule has 8 nitrogen and oxygen atoms in total. The minimum atomic E-state index is -4.00. The molecule has 0 aliphatic heterocycles. The number of aromatic nitrogens is 3. The topological polar surface area (TPSA) is 114 Å². The van der Waals surface area contributed by atoms with Crippen molar-refractivity contribution >= 4 is 16.1 Å². The highest BCUT2D eigenvalue weighted by atomic mass is 32.2. The molecule has 0 radical (unpaired) electrons. The summed E-state index contributed by atoms with van der Waals surface area (Å²) in [7, 11) is -4.00. The minimum absolute atomic E-state index is 0.0741. The van der Waals surface area contributed by atoms with Crippen LogP contribution in [0, 0.1) is 0 Å². The van der Waals surface area contributed by atoms with E-state index in [0.29, 0.717) is 12.5 Å². The van der Waals surface area contributed by atoms with E-state index in [-0.39, 0.29) is 10.6 Å². The van der Waals surface area contributed by atoms with Crippen LogP contribution in [0.25, 0.3) is 5.69 Å². The molecule has 0 fully saturated rings. The second kappa shape index (κ2) is 10.7. The van der Waals surface area contributed by atoms with Gasteiger partial charge in [0.15, 0.2) is 0 Å². The maximum atomic E-state index is 12.2. The zero-order valence-electron chi connectivity index (χ0n) is 17.2. The van der Waals surface area contributed by atoms with Crippen LogP contribution in [0.3, 0.4) is 0 Å². The van der Waals surface area contributed by atoms with Crippen LogP contribution in [-0.2, 0) is 23.0 Å². The van der Waals surface area contributed by atoms with E-state index in [2.05, 4.69) is 29.1 Å². The Hall–Kier alpha value is -3.04. The molecule has 0 saturated heterocycles. The average molecular weight is 431 g/mol. The van der Waals surface area contributed by atoms with E-state index in [4.69, 9.17) is 4.55 Å². The van der Waals surface area contributed by atoms with Gasteiger partial charge < -0.3 is 5.32 Å². The van der Waals surface area contributed by atoms with Gasteiger partial charge in [-0.3, -0.25) is 9.12 Å². The molecular formula is C21H26N4O4S. The summed E-state index contributed by atoms with van der Waals surface area (Å²) in [6.07, 6.45) is 3.29. The predicted octanol–water partition coefficient (Wildman–Crippen LogP) is 3.12. The van der Waals surface area contributed by atoms with Gasteiger partial charge in [-0.15, -0.1) is 0 Å². The highest BCUT2D eigenvalue weighted by Gasteiger charge is 2.11. The number of benzene rings is 2. The molecule has 1 heterocycles. The van der Waals surface area contributed by atoms with Crippen molar-refractivity contribution in [3.8, 4) is 5.69 Å². The molecule has 2 aromatic carbocycles. The third-order valence-electron chi connectivity index (χ3n) is 4.28. The summed E-state index contributed by atoms with van der Waals surface area (Å²) < 4.78 is 30.8. The van der Waals surface area contributed by atoms with Crippen molar-refractivity contribution in [2.24, 2.45) is 0 Å². The van der Waals surface area contributed by atoms with Gasteiger partial charge >= 0.3 is 5.69 Å². The fraction of sp³-hybridized carbons (Fsp3) is 0.286. The van der Waals surface area contributed by atoms with Gasteiger partial charge in [0.1, 0.15) is 6.33 Å². The fourth-order valence-electron chi connectivity index (χ4n) is 2.85. The van der Waals surface area contributed by atoms with Crippen LogP contribution in [0.15, 0.2) is 64.5 Å². The Kier molecular flexibility index (Phi) is 8.25. The molecule has 0 amide bonds. The monoisotopic (exact) mass is 430 g/mol. The molecule has 0 unspecified atom stereocenters. The molecule has 30 heavy (non-hydrogen) atoms. The molecular weight excluding hydrogens is 404 g/mol. The van der Waals surface area contributed by atoms with Crippen LogP contribution in [-0.4, -0.2) is 34.1 Å². The molecule has 2 N–H and O–H groups in total. The lowest BCUT2D eigenvalue weighted by atomic mass is 10.0. The number of rotatable bonds is 6. The minimum Gasteiger partial charge on any atom is -0.354 e. The molecule has 0 aliphatic rings. The van der Waals surface area contributed by atoms with Crippen LogP contribution in [0.4, 0.5) is 5.95 Å². The number of hydrogen-bond donors (Lipinski definition) is 2. The smallest absolute Gasteiger partial charge is 0.354 e. The standard InChI is InChI=1S/C15H20N4O.C6H6O3S/c1-4-11-8-7-9-12(5-2)13(11)19-10-17-14(16-6-3)18-15(19)20;7-10(8,9)6-4-2-1-3-5-6/h7-10H,4-6H2,1-3H3,(H,16,18,20);1-5H,(H,7,8,9). The van der Waals surface area contributed by atoms with E-state index in [9.17, 15) is 13.2 Å². The van der Waals surface area contributed by atoms with Gasteiger partial charge in [0.05, 0.1) is 10.6 Å². The maximum Gasteiger partial charge on any atom is 0.356 e. The summed E-state index contributed by atoms with van der Waals surface area (Å²) in [6.45, 7) is 6.79. The number of hydrogen-bond acceptors (Lipinski definition) is 6. The Morgan fingerprint density at radius 3 is 2.00 bits per heavy atom. The first-order valence-electron chi connectivity index (χ1n) is 9.65. The van der Waals surface area contributed by atoms with E-state index in [0.717, 1.165) is 29.7 Å². The van der Waals surface area contributed by atoms with Crippen molar-refractivity contribution in [2.45, 2.75) is 38.5 Å². The van der Waals surface area contributed by atoms with Gasteiger partial charge in [-0.1, -0.05) is 50.2 Å². The van der Waals surface area contributed by atoms with Crippen LogP contribution < -0.4 is 11.0 Å². The van der Waals surface area contributed by atoms with Crippen molar-refractivity contribution in [1.82, 2.24) is 14.5 Å². The third-order valence-corrected chi connectivity index (χ3v) is 5.15. The lowest BCUT2D eigenvalue weighted by molar-refractivity contribution is 0.483. The first-order valence-corrected chi connectivity index (χ1v) is 11.1. The lowest BCUT2D eigenvalue weighted by Crippen LogP contribution is -2.25. The molecule has 0 aliphatic carbocycles. The van der Waals surface area contributed by atoms with Crippen molar-refractivity contribution in [3.05, 3.63) is 76.5 Å². The quantitative estimate of drug-likeness (QED) is 0.578. The first-order chi connectivity index (χ1) is 14.3. The van der Waals surface area contributed by atoms with Crippen molar-refractivity contribution in [2.75, 3.05) is 11.9 Å². The van der Waals surface area contributed by atoms with Crippen molar-refractivity contribution < 1.29 is 13.0 Å². The van der Waals surface area contributed by atoms with E-state index in [1.54, 1.807) is 29.1 Å². The molecule has 0 bridgehead atoms. The Morgan fingerprint density at radius 1 is 0.967 bits per heavy atom. The second-order valence-electron chi connectivity index (χ2n) is 6.28. The van der Waals surface area contributed by atoms with Crippen LogP contribution >= 0.6 is 0 Å². The SMILES string of the molecule is CCNc1ncn(-c2c(CC)cccc2CC)c(=O)n1.O=S(=O)(O)c1ccccc1. The Labute approximate surface area is 176 Å². The lowest BCUT2D eigenvalue weighted by Gasteiger charge is -2.14. The molecule has 0 spiro atoms. The van der Waals surface area contributed by atoms with E-state index in [1.165, 1.54) is 12.1 Å². The molecule has 9 heteroatoms. The summed E-state index contributed by atoms with van der Waals surface area (Å²) in [4.78, 5) is 20.3. The zero-order chi connectivity index (χ0) is 22.1. The maximum absolute atomic E-state index is 12.2. The van der Waals surface area contributed by atoms with Crippen molar-refractivity contribution in [1.29, 1.82) is 0 Å². The van der Waals surface area contributed by atoms with Crippen LogP contribution in [0.5, 0.6) is 0 Å². The summed E-state index contributed by atoms with van der Waals surface area (Å²) in [6, 6.07) is 13.5. The van der Waals surface area contributed by atoms with Gasteiger partial charge in [0.2, 0.25) is 5.95 Å². The van der Waals surface area contributed by atoms with Crippen molar-refractivity contribution in [3.63, 3.8) is 0 Å². The first kappa shape index (κ1) is 23.2. The molecule has 1 aromatic heterocycles. The Bertz CT molecular complexity index is 1110. The number of nitrogens with one attached hydrogen (secondary N) is 1. The van der Waals surface area contributed by atoms with Gasteiger partial charge in [0.25, 0.3) is 10.1 Å². The number of para-hydroxylation sites is 1. The molecule has 160 valence electrons. The summed E-state index contributed by atoms with van der Waals surface area (Å²) >= 11 is 0. The highest BCUT2D eigenvalue weighted by Crippen LogP contribution is 2.19. The summed E-state index contributed by atoms with van der Waals surface area (Å²) in [5.41, 5.74) is 2.88. The average Bonchev–Trinajstić information content (AvgIpc) is 2.74. The summed E-state index contributed by atoms with van der Waals surface area (Å²) in [5.74, 6) is 0.376. The number of nitrogens with zero attached hydrogens (tertiary/aromatic N) is 3. The van der Waals surface area contributed by atoms with Gasteiger partial charge in [-0.2, -0.15) is 13.4 Å². The zero-order valence-corrected chi connectivity index (χ0v) is 18.1. The van der Waals surface area contributed by atoms with Crippen LogP contribution in [0.1, 0.15) is 31.9 Å². The second-order valence-corrected chi connectivity index (χ2v) is 7.70. The summed E-state index contributed by atoms with van der Waals surface area (Å²) in [5, 5.41) is 2.95. The number of anilines is 1. The Balaban J connectivity index is 0.000000269. The molecule has 0 saturated carbocycles. The van der Waals surface area contributed by atoms with E-state index in [1.807, 2.05) is 25.1 Å². The van der Waals surface area contributed by atoms with Gasteiger partial charge in [-0.25, -0.2) is 9.78 Å². The predicted molar refractivity (Wildman–Crippen MR) is 117 cm³/mol. The van der Waals surface area contributed by atoms with E-state index < -0.39 is 10.1 Å². The Morgan fingerprint density at radius 2 is 1.57 bits per heavy atom. The normalized spacial score (nSPS) is 10.8. The number of aryl methyl sites for hydroxylation is 2. The fourth-order valence-corrected chi connectivity index (χ4v) is 3.35. The van der Waals surface area contributed by atoms with Crippen LogP contribution in [0.2, 0.25) is 0 Å². The molecule has 3 aromatic rings. The highest BCUT2D eigenvalue weighted by molar-refractivity contribution is 7.85. The van der Waals surface area contributed by atoms with E-state index >= 15 is 0 Å². The van der Waals surface area contributed by atoms with Gasteiger partial charge in [0, 0.05) is 6.54 Å².